The molecule has 60 valence electrons. The van der Waals surface area contributed by atoms with Crippen LogP contribution in [0.5, 0.6) is 0 Å². The third-order valence-electron chi connectivity index (χ3n) is 1.36. The van der Waals surface area contributed by atoms with Crippen molar-refractivity contribution in [3.63, 3.8) is 0 Å². The summed E-state index contributed by atoms with van der Waals surface area (Å²) in [5.41, 5.74) is 0.951. The molecule has 0 saturated heterocycles. The summed E-state index contributed by atoms with van der Waals surface area (Å²) >= 11 is 1.36. The van der Waals surface area contributed by atoms with Crippen molar-refractivity contribution < 1.29 is 0 Å². The molecule has 0 fully saturated rings. The Balaban J connectivity index is 2.63. The summed E-state index contributed by atoms with van der Waals surface area (Å²) in [5.74, 6) is 0. The van der Waals surface area contributed by atoms with Gasteiger partial charge in [0.2, 0.25) is 0 Å². The van der Waals surface area contributed by atoms with E-state index in [4.69, 9.17) is 0 Å². The van der Waals surface area contributed by atoms with Crippen LogP contribution >= 0.6 is 11.5 Å². The van der Waals surface area contributed by atoms with Crippen molar-refractivity contribution in [3.8, 4) is 0 Å². The van der Waals surface area contributed by atoms with E-state index in [1.807, 2.05) is 11.5 Å². The average molecular weight is 169 g/mol. The molecule has 0 amide bonds. The highest BCUT2D eigenvalue weighted by Crippen LogP contribution is 2.10. The molecule has 0 aromatic carbocycles. The molecule has 1 aromatic rings. The molecule has 0 aliphatic carbocycles. The first-order valence-corrected chi connectivity index (χ1v) is 4.35. The lowest BCUT2D eigenvalue weighted by Gasteiger charge is -2.08. The van der Waals surface area contributed by atoms with Gasteiger partial charge < -0.3 is 5.32 Å². The van der Waals surface area contributed by atoms with Crippen LogP contribution in [0, 0.1) is 0 Å². The summed E-state index contributed by atoms with van der Waals surface area (Å²) in [6.07, 6.45) is 1.83. The van der Waals surface area contributed by atoms with E-state index in [1.165, 1.54) is 11.5 Å². The quantitative estimate of drug-likeness (QED) is 0.692. The van der Waals surface area contributed by atoms with Crippen LogP contribution in [0.3, 0.4) is 0 Å². The van der Waals surface area contributed by atoms with Crippen molar-refractivity contribution in [3.05, 3.63) is 23.7 Å². The summed E-state index contributed by atoms with van der Waals surface area (Å²) in [6.45, 7) is 6.67. The zero-order valence-electron chi connectivity index (χ0n) is 6.45. The van der Waals surface area contributed by atoms with E-state index in [9.17, 15) is 0 Å². The monoisotopic (exact) mass is 169 g/mol. The molecule has 0 aliphatic rings. The Kier molecular flexibility index (Phi) is 3.19. The second-order valence-corrected chi connectivity index (χ2v) is 2.71. The maximum absolute atomic E-state index is 3.94. The van der Waals surface area contributed by atoms with Crippen LogP contribution in [-0.4, -0.2) is 16.1 Å². The topological polar surface area (TPSA) is 37.8 Å². The van der Waals surface area contributed by atoms with Crippen molar-refractivity contribution in [2.24, 2.45) is 0 Å². The molecule has 1 atom stereocenters. The van der Waals surface area contributed by atoms with Crippen LogP contribution in [0.25, 0.3) is 0 Å². The third kappa shape index (κ3) is 2.10. The Hall–Kier alpha value is -0.740. The predicted octanol–water partition coefficient (Wildman–Crippen LogP) is 1.37. The first kappa shape index (κ1) is 8.36. The second-order valence-electron chi connectivity index (χ2n) is 2.10. The minimum absolute atomic E-state index is 0.152. The minimum Gasteiger partial charge on any atom is -0.306 e. The van der Waals surface area contributed by atoms with Crippen molar-refractivity contribution in [1.29, 1.82) is 0 Å². The van der Waals surface area contributed by atoms with Gasteiger partial charge in [-0.3, -0.25) is 0 Å². The summed E-state index contributed by atoms with van der Waals surface area (Å²) in [5, 5.41) is 9.09. The first-order chi connectivity index (χ1) is 5.38. The largest absolute Gasteiger partial charge is 0.306 e. The molecule has 11 heavy (non-hydrogen) atoms. The van der Waals surface area contributed by atoms with E-state index < -0.39 is 0 Å². The Morgan fingerprint density at radius 1 is 1.91 bits per heavy atom. The van der Waals surface area contributed by atoms with E-state index in [-0.39, 0.29) is 6.04 Å². The number of nitrogens with zero attached hydrogens (tertiary/aromatic N) is 2. The van der Waals surface area contributed by atoms with Gasteiger partial charge in [-0.1, -0.05) is 17.5 Å². The standard InChI is InChI=1S/C7H11N3S/c1-3-6(8-4-2)7-5-11-10-9-7/h3,5-6,8H,1,4H2,2H3. The lowest BCUT2D eigenvalue weighted by molar-refractivity contribution is 0.631. The van der Waals surface area contributed by atoms with Gasteiger partial charge >= 0.3 is 0 Å². The molecule has 1 N–H and O–H groups in total. The highest BCUT2D eigenvalue weighted by atomic mass is 32.1. The van der Waals surface area contributed by atoms with Crippen LogP contribution in [0.1, 0.15) is 18.7 Å². The van der Waals surface area contributed by atoms with Gasteiger partial charge in [-0.25, -0.2) is 0 Å². The molecule has 1 aromatic heterocycles. The SMILES string of the molecule is C=CC(NCC)c1csnn1. The smallest absolute Gasteiger partial charge is 0.0963 e. The average Bonchev–Trinajstić information content (AvgIpc) is 2.52. The van der Waals surface area contributed by atoms with E-state index in [0.29, 0.717) is 0 Å². The van der Waals surface area contributed by atoms with Crippen molar-refractivity contribution in [2.45, 2.75) is 13.0 Å². The molecule has 1 heterocycles. The van der Waals surface area contributed by atoms with Gasteiger partial charge in [0.15, 0.2) is 0 Å². The number of hydrogen-bond donors (Lipinski definition) is 1. The summed E-state index contributed by atoms with van der Waals surface area (Å²) < 4.78 is 3.78. The Morgan fingerprint density at radius 3 is 3.18 bits per heavy atom. The molecule has 0 radical (unpaired) electrons. The van der Waals surface area contributed by atoms with Crippen LogP contribution < -0.4 is 5.32 Å². The molecule has 0 saturated carbocycles. The number of hydrogen-bond acceptors (Lipinski definition) is 4. The maximum Gasteiger partial charge on any atom is 0.0963 e. The van der Waals surface area contributed by atoms with E-state index >= 15 is 0 Å². The maximum atomic E-state index is 3.94. The first-order valence-electron chi connectivity index (χ1n) is 3.51. The Morgan fingerprint density at radius 2 is 2.73 bits per heavy atom. The van der Waals surface area contributed by atoms with Crippen molar-refractivity contribution in [2.75, 3.05) is 6.54 Å². The zero-order chi connectivity index (χ0) is 8.10. The molecule has 0 bridgehead atoms. The summed E-state index contributed by atoms with van der Waals surface area (Å²) in [6, 6.07) is 0.152. The van der Waals surface area contributed by atoms with Gasteiger partial charge in [0.25, 0.3) is 0 Å². The van der Waals surface area contributed by atoms with Crippen LogP contribution in [0.15, 0.2) is 18.0 Å². The van der Waals surface area contributed by atoms with E-state index in [0.717, 1.165) is 12.2 Å². The fourth-order valence-electron chi connectivity index (χ4n) is 0.836. The molecule has 3 nitrogen and oxygen atoms in total. The second kappa shape index (κ2) is 4.20. The van der Waals surface area contributed by atoms with Gasteiger partial charge in [0, 0.05) is 5.38 Å². The fraction of sp³-hybridized carbons (Fsp3) is 0.429. The van der Waals surface area contributed by atoms with Crippen LogP contribution in [0.2, 0.25) is 0 Å². The van der Waals surface area contributed by atoms with Gasteiger partial charge in [0.1, 0.15) is 0 Å². The van der Waals surface area contributed by atoms with Gasteiger partial charge in [-0.05, 0) is 18.1 Å². The molecule has 1 rings (SSSR count). The molecular formula is C7H11N3S. The van der Waals surface area contributed by atoms with E-state index in [1.54, 1.807) is 0 Å². The predicted molar refractivity (Wildman–Crippen MR) is 46.5 cm³/mol. The number of likely N-dealkylation sites (N-methyl/N-ethyl adjacent to an activating group) is 1. The Labute approximate surface area is 70.3 Å². The van der Waals surface area contributed by atoms with Crippen molar-refractivity contribution in [1.82, 2.24) is 14.9 Å². The number of rotatable bonds is 4. The van der Waals surface area contributed by atoms with E-state index in [2.05, 4.69) is 28.4 Å². The summed E-state index contributed by atoms with van der Waals surface area (Å²) in [7, 11) is 0. The van der Waals surface area contributed by atoms with Gasteiger partial charge in [-0.2, -0.15) is 0 Å². The lowest BCUT2D eigenvalue weighted by Crippen LogP contribution is -2.18. The highest BCUT2D eigenvalue weighted by Gasteiger charge is 2.07. The molecular weight excluding hydrogens is 158 g/mol. The minimum atomic E-state index is 0.152. The lowest BCUT2D eigenvalue weighted by atomic mass is 10.2. The number of nitrogens with one attached hydrogen (secondary N) is 1. The van der Waals surface area contributed by atoms with Crippen LogP contribution in [0.4, 0.5) is 0 Å². The molecule has 0 aliphatic heterocycles. The third-order valence-corrected chi connectivity index (χ3v) is 1.88. The molecule has 1 unspecified atom stereocenters. The fourth-order valence-corrected chi connectivity index (χ4v) is 1.33. The Bertz CT molecular complexity index is 207. The highest BCUT2D eigenvalue weighted by molar-refractivity contribution is 7.03. The van der Waals surface area contributed by atoms with Crippen LogP contribution in [-0.2, 0) is 0 Å². The van der Waals surface area contributed by atoms with Gasteiger partial charge in [-0.15, -0.1) is 11.7 Å². The summed E-state index contributed by atoms with van der Waals surface area (Å²) in [4.78, 5) is 0. The molecule has 4 heteroatoms. The number of aromatic nitrogens is 2. The van der Waals surface area contributed by atoms with Gasteiger partial charge in [0.05, 0.1) is 11.7 Å². The normalized spacial score (nSPS) is 12.8. The molecule has 0 spiro atoms. The zero-order valence-corrected chi connectivity index (χ0v) is 7.27. The van der Waals surface area contributed by atoms with Crippen molar-refractivity contribution >= 4 is 11.5 Å².